The maximum Gasteiger partial charge on any atom is 0.216 e. The van der Waals surface area contributed by atoms with Crippen LogP contribution in [0.15, 0.2) is 0 Å². The molecular formula is C12H25NO3S. The maximum absolute atomic E-state index is 12.0. The second kappa shape index (κ2) is 6.71. The van der Waals surface area contributed by atoms with Gasteiger partial charge in [-0.1, -0.05) is 13.3 Å². The first-order valence-electron chi connectivity index (χ1n) is 6.59. The Labute approximate surface area is 105 Å². The Morgan fingerprint density at radius 1 is 1.41 bits per heavy atom. The fraction of sp³-hybridized carbons (Fsp3) is 1.00. The largest absolute Gasteiger partial charge is 0.377 e. The minimum Gasteiger partial charge on any atom is -0.377 e. The van der Waals surface area contributed by atoms with E-state index in [9.17, 15) is 8.42 Å². The molecule has 1 atom stereocenters. The van der Waals surface area contributed by atoms with Crippen molar-refractivity contribution in [2.75, 3.05) is 19.7 Å². The van der Waals surface area contributed by atoms with Gasteiger partial charge in [-0.25, -0.2) is 8.42 Å². The number of hydrogen-bond donors (Lipinski definition) is 0. The highest BCUT2D eigenvalue weighted by atomic mass is 32.2. The molecule has 1 heterocycles. The molecule has 0 saturated carbocycles. The predicted octanol–water partition coefficient (Wildman–Crippen LogP) is 2.01. The third-order valence-corrected chi connectivity index (χ3v) is 5.39. The van der Waals surface area contributed by atoms with Crippen LogP contribution in [0.5, 0.6) is 0 Å². The number of piperidine rings is 1. The van der Waals surface area contributed by atoms with Gasteiger partial charge in [0.05, 0.1) is 11.4 Å². The number of nitrogens with zero attached hydrogens (tertiary/aromatic N) is 1. The summed E-state index contributed by atoms with van der Waals surface area (Å²) in [4.78, 5) is 0. The number of unbranched alkanes of at least 4 members (excludes halogenated alkanes) is 1. The van der Waals surface area contributed by atoms with Crippen molar-refractivity contribution >= 4 is 10.0 Å². The highest BCUT2D eigenvalue weighted by molar-refractivity contribution is 7.89. The molecule has 1 aliphatic rings. The molecular weight excluding hydrogens is 238 g/mol. The maximum atomic E-state index is 12.0. The lowest BCUT2D eigenvalue weighted by molar-refractivity contribution is 0.0174. The molecule has 1 aliphatic heterocycles. The Morgan fingerprint density at radius 3 is 2.71 bits per heavy atom. The first-order valence-corrected chi connectivity index (χ1v) is 8.09. The molecule has 0 aliphatic carbocycles. The zero-order valence-corrected chi connectivity index (χ0v) is 12.0. The van der Waals surface area contributed by atoms with Crippen molar-refractivity contribution in [2.45, 2.75) is 57.8 Å². The summed E-state index contributed by atoms with van der Waals surface area (Å²) in [5.41, 5.74) is 0. The van der Waals surface area contributed by atoms with Crippen LogP contribution in [0.3, 0.4) is 0 Å². The summed E-state index contributed by atoms with van der Waals surface area (Å²) in [5.74, 6) is 0. The molecule has 1 rings (SSSR count). The topological polar surface area (TPSA) is 46.6 Å². The molecule has 1 saturated heterocycles. The molecule has 0 aromatic heterocycles. The monoisotopic (exact) mass is 263 g/mol. The van der Waals surface area contributed by atoms with E-state index < -0.39 is 10.0 Å². The van der Waals surface area contributed by atoms with Crippen LogP contribution in [0.2, 0.25) is 0 Å². The normalized spacial score (nSPS) is 23.2. The standard InChI is InChI=1S/C12H25NO3S/c1-4-5-9-16-12-7-6-8-13(10-12)17(14,15)11(2)3/h11-12H,4-10H2,1-3H3/t12-/m1/s1. The predicted molar refractivity (Wildman–Crippen MR) is 69.5 cm³/mol. The van der Waals surface area contributed by atoms with Gasteiger partial charge in [0.1, 0.15) is 0 Å². The molecule has 102 valence electrons. The first-order chi connectivity index (χ1) is 7.98. The Balaban J connectivity index is 2.49. The minimum atomic E-state index is -3.11. The molecule has 0 spiro atoms. The van der Waals surface area contributed by atoms with Gasteiger partial charge >= 0.3 is 0 Å². The molecule has 4 nitrogen and oxygen atoms in total. The molecule has 5 heteroatoms. The zero-order chi connectivity index (χ0) is 12.9. The van der Waals surface area contributed by atoms with E-state index in [1.807, 2.05) is 0 Å². The van der Waals surface area contributed by atoms with E-state index in [0.29, 0.717) is 13.1 Å². The molecule has 0 radical (unpaired) electrons. The summed E-state index contributed by atoms with van der Waals surface area (Å²) in [6, 6.07) is 0. The van der Waals surface area contributed by atoms with Crippen molar-refractivity contribution < 1.29 is 13.2 Å². The van der Waals surface area contributed by atoms with Gasteiger partial charge in [0.15, 0.2) is 0 Å². The molecule has 0 aromatic carbocycles. The average Bonchev–Trinajstić information content (AvgIpc) is 2.29. The summed E-state index contributed by atoms with van der Waals surface area (Å²) < 4.78 is 31.4. The van der Waals surface area contributed by atoms with Crippen LogP contribution >= 0.6 is 0 Å². The van der Waals surface area contributed by atoms with Crippen molar-refractivity contribution in [1.82, 2.24) is 4.31 Å². The van der Waals surface area contributed by atoms with Crippen LogP contribution in [-0.4, -0.2) is 43.8 Å². The Hall–Kier alpha value is -0.130. The quantitative estimate of drug-likeness (QED) is 0.689. The van der Waals surface area contributed by atoms with Gasteiger partial charge in [-0.3, -0.25) is 0 Å². The summed E-state index contributed by atoms with van der Waals surface area (Å²) in [6.45, 7) is 7.52. The molecule has 0 aromatic rings. The van der Waals surface area contributed by atoms with Gasteiger partial charge in [-0.2, -0.15) is 4.31 Å². The number of sulfonamides is 1. The van der Waals surface area contributed by atoms with E-state index in [1.54, 1.807) is 18.2 Å². The van der Waals surface area contributed by atoms with Gasteiger partial charge in [0.25, 0.3) is 0 Å². The van der Waals surface area contributed by atoms with E-state index in [0.717, 1.165) is 32.3 Å². The third-order valence-electron chi connectivity index (χ3n) is 3.15. The Kier molecular flexibility index (Phi) is 5.89. The summed E-state index contributed by atoms with van der Waals surface area (Å²) in [5, 5.41) is -0.336. The lowest BCUT2D eigenvalue weighted by atomic mass is 10.1. The lowest BCUT2D eigenvalue weighted by Gasteiger charge is -2.33. The van der Waals surface area contributed by atoms with Crippen LogP contribution in [0.25, 0.3) is 0 Å². The van der Waals surface area contributed by atoms with Crippen molar-refractivity contribution in [3.63, 3.8) is 0 Å². The second-order valence-corrected chi connectivity index (χ2v) is 7.43. The zero-order valence-electron chi connectivity index (χ0n) is 11.2. The summed E-state index contributed by atoms with van der Waals surface area (Å²) >= 11 is 0. The van der Waals surface area contributed by atoms with Gasteiger partial charge in [-0.05, 0) is 33.1 Å². The lowest BCUT2D eigenvalue weighted by Crippen LogP contribution is -2.45. The molecule has 0 N–H and O–H groups in total. The van der Waals surface area contributed by atoms with Crippen molar-refractivity contribution in [1.29, 1.82) is 0 Å². The minimum absolute atomic E-state index is 0.0869. The van der Waals surface area contributed by atoms with Crippen LogP contribution in [0.4, 0.5) is 0 Å². The van der Waals surface area contributed by atoms with Crippen molar-refractivity contribution in [3.8, 4) is 0 Å². The van der Waals surface area contributed by atoms with Crippen LogP contribution in [0.1, 0.15) is 46.5 Å². The number of ether oxygens (including phenoxy) is 1. The van der Waals surface area contributed by atoms with Gasteiger partial charge in [0, 0.05) is 19.7 Å². The van der Waals surface area contributed by atoms with Crippen LogP contribution in [-0.2, 0) is 14.8 Å². The third kappa shape index (κ3) is 4.23. The Morgan fingerprint density at radius 2 is 2.12 bits per heavy atom. The molecule has 0 amide bonds. The summed E-state index contributed by atoms with van der Waals surface area (Å²) in [7, 11) is -3.11. The van der Waals surface area contributed by atoms with Crippen LogP contribution in [0, 0.1) is 0 Å². The number of rotatable bonds is 6. The first kappa shape index (κ1) is 14.9. The second-order valence-electron chi connectivity index (χ2n) is 4.94. The van der Waals surface area contributed by atoms with E-state index in [-0.39, 0.29) is 11.4 Å². The fourth-order valence-electron chi connectivity index (χ4n) is 1.96. The van der Waals surface area contributed by atoms with E-state index >= 15 is 0 Å². The van der Waals surface area contributed by atoms with Gasteiger partial charge in [0.2, 0.25) is 10.0 Å². The van der Waals surface area contributed by atoms with Gasteiger partial charge < -0.3 is 4.74 Å². The fourth-order valence-corrected chi connectivity index (χ4v) is 3.32. The van der Waals surface area contributed by atoms with E-state index in [2.05, 4.69) is 6.92 Å². The number of hydrogen-bond acceptors (Lipinski definition) is 3. The molecule has 1 fully saturated rings. The molecule has 17 heavy (non-hydrogen) atoms. The highest BCUT2D eigenvalue weighted by Gasteiger charge is 2.31. The summed E-state index contributed by atoms with van der Waals surface area (Å²) in [6.07, 6.45) is 4.13. The van der Waals surface area contributed by atoms with Crippen molar-refractivity contribution in [3.05, 3.63) is 0 Å². The van der Waals surface area contributed by atoms with Crippen molar-refractivity contribution in [2.24, 2.45) is 0 Å². The molecule has 0 unspecified atom stereocenters. The van der Waals surface area contributed by atoms with Crippen LogP contribution < -0.4 is 0 Å². The smallest absolute Gasteiger partial charge is 0.216 e. The highest BCUT2D eigenvalue weighted by Crippen LogP contribution is 2.19. The van der Waals surface area contributed by atoms with E-state index in [1.165, 1.54) is 0 Å². The van der Waals surface area contributed by atoms with Gasteiger partial charge in [-0.15, -0.1) is 0 Å². The van der Waals surface area contributed by atoms with E-state index in [4.69, 9.17) is 4.74 Å². The molecule has 0 bridgehead atoms. The average molecular weight is 263 g/mol. The Bertz CT molecular complexity index is 314. The SMILES string of the molecule is CCCCO[C@@H]1CCCN(S(=O)(=O)C(C)C)C1.